The van der Waals surface area contributed by atoms with Gasteiger partial charge >= 0.3 is 5.97 Å². The molecule has 0 heterocycles. The van der Waals surface area contributed by atoms with Crippen LogP contribution < -0.4 is 5.32 Å². The lowest BCUT2D eigenvalue weighted by atomic mass is 10.1. The summed E-state index contributed by atoms with van der Waals surface area (Å²) >= 11 is 7.11. The summed E-state index contributed by atoms with van der Waals surface area (Å²) in [5.41, 5.74) is 0.542. The van der Waals surface area contributed by atoms with Gasteiger partial charge in [-0.15, -0.1) is 11.8 Å². The summed E-state index contributed by atoms with van der Waals surface area (Å²) in [5, 5.41) is 12.4. The van der Waals surface area contributed by atoms with E-state index in [-0.39, 0.29) is 11.7 Å². The van der Waals surface area contributed by atoms with E-state index in [9.17, 15) is 14.7 Å². The van der Waals surface area contributed by atoms with Gasteiger partial charge in [0.15, 0.2) is 6.04 Å². The van der Waals surface area contributed by atoms with E-state index in [1.54, 1.807) is 42.5 Å². The third-order valence-electron chi connectivity index (χ3n) is 2.87. The van der Waals surface area contributed by atoms with Crippen molar-refractivity contribution in [1.29, 1.82) is 0 Å². The quantitative estimate of drug-likeness (QED) is 0.794. The zero-order valence-electron chi connectivity index (χ0n) is 11.5. The minimum atomic E-state index is -1.09. The first-order valence-corrected chi connectivity index (χ1v) is 7.88. The van der Waals surface area contributed by atoms with Gasteiger partial charge in [0.2, 0.25) is 5.91 Å². The maximum Gasteiger partial charge on any atom is 0.330 e. The smallest absolute Gasteiger partial charge is 0.330 e. The molecule has 0 aliphatic carbocycles. The molecular formula is C16H14ClNO3S. The van der Waals surface area contributed by atoms with E-state index in [1.165, 1.54) is 11.8 Å². The highest BCUT2D eigenvalue weighted by molar-refractivity contribution is 8.00. The number of benzene rings is 2. The van der Waals surface area contributed by atoms with Gasteiger partial charge in [0.25, 0.3) is 0 Å². The van der Waals surface area contributed by atoms with Crippen LogP contribution in [0.5, 0.6) is 0 Å². The normalized spacial score (nSPS) is 11.7. The van der Waals surface area contributed by atoms with Crippen LogP contribution in [-0.2, 0) is 9.59 Å². The maximum atomic E-state index is 12.0. The molecule has 4 nitrogen and oxygen atoms in total. The number of rotatable bonds is 6. The number of aliphatic carboxylic acids is 1. The predicted molar refractivity (Wildman–Crippen MR) is 87.1 cm³/mol. The van der Waals surface area contributed by atoms with Crippen LogP contribution in [0.15, 0.2) is 59.5 Å². The van der Waals surface area contributed by atoms with Crippen molar-refractivity contribution in [2.24, 2.45) is 0 Å². The highest BCUT2D eigenvalue weighted by Crippen LogP contribution is 2.20. The molecule has 0 aromatic heterocycles. The molecule has 0 radical (unpaired) electrons. The number of hydrogen-bond donors (Lipinski definition) is 2. The maximum absolute atomic E-state index is 12.0. The van der Waals surface area contributed by atoms with Crippen molar-refractivity contribution in [3.05, 3.63) is 65.2 Å². The summed E-state index contributed by atoms with van der Waals surface area (Å²) in [6.45, 7) is 0. The molecule has 2 aromatic carbocycles. The first-order valence-electron chi connectivity index (χ1n) is 6.52. The fourth-order valence-electron chi connectivity index (χ4n) is 1.82. The van der Waals surface area contributed by atoms with Gasteiger partial charge in [-0.25, -0.2) is 4.79 Å². The molecule has 0 fully saturated rings. The molecule has 0 spiro atoms. The van der Waals surface area contributed by atoms with E-state index in [4.69, 9.17) is 11.6 Å². The highest BCUT2D eigenvalue weighted by atomic mass is 35.5. The van der Waals surface area contributed by atoms with Crippen LogP contribution in [0.1, 0.15) is 11.6 Å². The Bertz CT molecular complexity index is 646. The topological polar surface area (TPSA) is 66.4 Å². The van der Waals surface area contributed by atoms with Gasteiger partial charge in [0.05, 0.1) is 5.75 Å². The van der Waals surface area contributed by atoms with Crippen LogP contribution in [0, 0.1) is 0 Å². The largest absolute Gasteiger partial charge is 0.479 e. The zero-order chi connectivity index (χ0) is 15.9. The second kappa shape index (κ2) is 7.87. The van der Waals surface area contributed by atoms with E-state index in [0.717, 1.165) is 4.90 Å². The van der Waals surface area contributed by atoms with Crippen molar-refractivity contribution in [3.63, 3.8) is 0 Å². The Balaban J connectivity index is 1.94. The Labute approximate surface area is 137 Å². The molecular weight excluding hydrogens is 322 g/mol. The minimum absolute atomic E-state index is 0.137. The third kappa shape index (κ3) is 4.79. The summed E-state index contributed by atoms with van der Waals surface area (Å²) in [7, 11) is 0. The molecule has 2 aromatic rings. The fourth-order valence-corrected chi connectivity index (χ4v) is 2.65. The second-order valence-electron chi connectivity index (χ2n) is 4.49. The van der Waals surface area contributed by atoms with Crippen LogP contribution >= 0.6 is 23.4 Å². The lowest BCUT2D eigenvalue weighted by molar-refractivity contribution is -0.141. The summed E-state index contributed by atoms with van der Waals surface area (Å²) in [5.74, 6) is -1.29. The Kier molecular flexibility index (Phi) is 5.86. The molecule has 0 bridgehead atoms. The van der Waals surface area contributed by atoms with Crippen molar-refractivity contribution in [3.8, 4) is 0 Å². The number of amides is 1. The number of carbonyl (C=O) groups excluding carboxylic acids is 1. The number of thioether (sulfide) groups is 1. The molecule has 6 heteroatoms. The number of nitrogens with one attached hydrogen (secondary N) is 1. The summed E-state index contributed by atoms with van der Waals surface area (Å²) in [6, 6.07) is 14.7. The van der Waals surface area contributed by atoms with Crippen LogP contribution in [0.3, 0.4) is 0 Å². The Morgan fingerprint density at radius 2 is 1.73 bits per heavy atom. The Morgan fingerprint density at radius 1 is 1.09 bits per heavy atom. The lowest BCUT2D eigenvalue weighted by Gasteiger charge is -2.14. The molecule has 114 valence electrons. The molecule has 2 N–H and O–H groups in total. The molecule has 0 saturated carbocycles. The third-order valence-corrected chi connectivity index (χ3v) is 4.13. The number of carboxylic acid groups (broad SMARTS) is 1. The number of halogens is 1. The van der Waals surface area contributed by atoms with Gasteiger partial charge in [-0.3, -0.25) is 4.79 Å². The number of hydrogen-bond acceptors (Lipinski definition) is 3. The Morgan fingerprint density at radius 3 is 2.32 bits per heavy atom. The summed E-state index contributed by atoms with van der Waals surface area (Å²) in [6.07, 6.45) is 0. The molecule has 2 rings (SSSR count). The van der Waals surface area contributed by atoms with Crippen molar-refractivity contribution in [1.82, 2.24) is 5.32 Å². The molecule has 1 amide bonds. The van der Waals surface area contributed by atoms with E-state index in [0.29, 0.717) is 10.6 Å². The number of carboxylic acids is 1. The first-order chi connectivity index (χ1) is 10.6. The standard InChI is InChI=1S/C16H14ClNO3S/c17-12-6-8-13(9-7-12)22-10-14(19)18-15(16(20)21)11-4-2-1-3-5-11/h1-9,15H,10H2,(H,18,19)(H,20,21)/t15-/m0/s1. The minimum Gasteiger partial charge on any atom is -0.479 e. The van der Waals surface area contributed by atoms with Gasteiger partial charge in [0.1, 0.15) is 0 Å². The zero-order valence-corrected chi connectivity index (χ0v) is 13.1. The summed E-state index contributed by atoms with van der Waals surface area (Å²) < 4.78 is 0. The van der Waals surface area contributed by atoms with E-state index in [2.05, 4.69) is 5.32 Å². The molecule has 0 saturated heterocycles. The van der Waals surface area contributed by atoms with Gasteiger partial charge in [-0.1, -0.05) is 41.9 Å². The van der Waals surface area contributed by atoms with E-state index < -0.39 is 12.0 Å². The van der Waals surface area contributed by atoms with Crippen LogP contribution in [0.25, 0.3) is 0 Å². The summed E-state index contributed by atoms with van der Waals surface area (Å²) in [4.78, 5) is 24.2. The highest BCUT2D eigenvalue weighted by Gasteiger charge is 2.21. The van der Waals surface area contributed by atoms with E-state index >= 15 is 0 Å². The van der Waals surface area contributed by atoms with Crippen LogP contribution in [0.2, 0.25) is 5.02 Å². The fraction of sp³-hybridized carbons (Fsp3) is 0.125. The van der Waals surface area contributed by atoms with Crippen molar-refractivity contribution < 1.29 is 14.7 Å². The van der Waals surface area contributed by atoms with Gasteiger partial charge in [0, 0.05) is 9.92 Å². The molecule has 0 unspecified atom stereocenters. The molecule has 22 heavy (non-hydrogen) atoms. The van der Waals surface area contributed by atoms with E-state index in [1.807, 2.05) is 12.1 Å². The van der Waals surface area contributed by atoms with Crippen molar-refractivity contribution in [2.75, 3.05) is 5.75 Å². The van der Waals surface area contributed by atoms with Gasteiger partial charge in [-0.05, 0) is 29.8 Å². The average Bonchev–Trinajstić information content (AvgIpc) is 2.52. The average molecular weight is 336 g/mol. The molecule has 0 aliphatic heterocycles. The first kappa shape index (κ1) is 16.4. The van der Waals surface area contributed by atoms with Crippen LogP contribution in [0.4, 0.5) is 0 Å². The lowest BCUT2D eigenvalue weighted by Crippen LogP contribution is -2.34. The predicted octanol–water partition coefficient (Wildman–Crippen LogP) is 3.37. The van der Waals surface area contributed by atoms with Crippen molar-refractivity contribution in [2.45, 2.75) is 10.9 Å². The van der Waals surface area contributed by atoms with Crippen molar-refractivity contribution >= 4 is 35.2 Å². The molecule has 0 aliphatic rings. The second-order valence-corrected chi connectivity index (χ2v) is 5.98. The SMILES string of the molecule is O=C(CSc1ccc(Cl)cc1)N[C@H](C(=O)O)c1ccccc1. The van der Waals surface area contributed by atoms with Gasteiger partial charge in [-0.2, -0.15) is 0 Å². The van der Waals surface area contributed by atoms with Crippen LogP contribution in [-0.4, -0.2) is 22.7 Å². The number of carbonyl (C=O) groups is 2. The van der Waals surface area contributed by atoms with Gasteiger partial charge < -0.3 is 10.4 Å². The molecule has 1 atom stereocenters. The Hall–Kier alpha value is -1.98. The monoisotopic (exact) mass is 335 g/mol.